The molecular formula is C20H17BrN4O. The Morgan fingerprint density at radius 2 is 1.88 bits per heavy atom. The van der Waals surface area contributed by atoms with Crippen LogP contribution < -0.4 is 0 Å². The van der Waals surface area contributed by atoms with Crippen LogP contribution in [0.5, 0.6) is 0 Å². The Morgan fingerprint density at radius 1 is 1.08 bits per heavy atom. The summed E-state index contributed by atoms with van der Waals surface area (Å²) >= 11 is 3.62. The van der Waals surface area contributed by atoms with E-state index >= 15 is 0 Å². The van der Waals surface area contributed by atoms with E-state index in [1.54, 1.807) is 19.6 Å². The minimum atomic E-state index is 0.393. The predicted octanol–water partition coefficient (Wildman–Crippen LogP) is 4.77. The highest BCUT2D eigenvalue weighted by Crippen LogP contribution is 2.31. The van der Waals surface area contributed by atoms with Gasteiger partial charge in [0.15, 0.2) is 0 Å². The Labute approximate surface area is 160 Å². The molecule has 0 saturated heterocycles. The molecule has 0 atom stereocenters. The molecule has 0 spiro atoms. The molecule has 0 aliphatic heterocycles. The first-order chi connectivity index (χ1) is 12.8. The van der Waals surface area contributed by atoms with E-state index in [-0.39, 0.29) is 0 Å². The van der Waals surface area contributed by atoms with E-state index in [1.165, 1.54) is 0 Å². The van der Waals surface area contributed by atoms with Gasteiger partial charge in [0.1, 0.15) is 6.73 Å². The maximum Gasteiger partial charge on any atom is 0.139 e. The SMILES string of the molecule is COCn1nc(-c2ccc(-n3ccnc3)cc2)cc1-c1ccccc1Br. The number of hydrogen-bond donors (Lipinski definition) is 0. The van der Waals surface area contributed by atoms with E-state index in [0.29, 0.717) is 6.73 Å². The first-order valence-electron chi connectivity index (χ1n) is 8.17. The lowest BCUT2D eigenvalue weighted by molar-refractivity contribution is 0.122. The number of benzene rings is 2. The van der Waals surface area contributed by atoms with Gasteiger partial charge in [0.2, 0.25) is 0 Å². The number of methoxy groups -OCH3 is 1. The smallest absolute Gasteiger partial charge is 0.139 e. The summed E-state index contributed by atoms with van der Waals surface area (Å²) in [5.74, 6) is 0. The van der Waals surface area contributed by atoms with Crippen LogP contribution in [-0.2, 0) is 11.5 Å². The second-order valence-corrected chi connectivity index (χ2v) is 6.68. The summed E-state index contributed by atoms with van der Waals surface area (Å²) in [5, 5.41) is 4.73. The molecule has 4 rings (SSSR count). The highest BCUT2D eigenvalue weighted by molar-refractivity contribution is 9.10. The van der Waals surface area contributed by atoms with Gasteiger partial charge in [-0.2, -0.15) is 5.10 Å². The fraction of sp³-hybridized carbons (Fsp3) is 0.100. The van der Waals surface area contributed by atoms with Crippen LogP contribution >= 0.6 is 15.9 Å². The molecule has 0 saturated carbocycles. The normalized spacial score (nSPS) is 11.0. The molecule has 0 fully saturated rings. The lowest BCUT2D eigenvalue weighted by Crippen LogP contribution is -2.04. The summed E-state index contributed by atoms with van der Waals surface area (Å²) in [6.45, 7) is 0.393. The molecule has 0 amide bonds. The molecule has 26 heavy (non-hydrogen) atoms. The van der Waals surface area contributed by atoms with Crippen LogP contribution in [0.4, 0.5) is 0 Å². The van der Waals surface area contributed by atoms with Crippen molar-refractivity contribution in [3.63, 3.8) is 0 Å². The van der Waals surface area contributed by atoms with Crippen LogP contribution in [0.25, 0.3) is 28.2 Å². The van der Waals surface area contributed by atoms with Crippen molar-refractivity contribution in [2.75, 3.05) is 7.11 Å². The first-order valence-corrected chi connectivity index (χ1v) is 8.96. The molecule has 0 aliphatic rings. The van der Waals surface area contributed by atoms with Gasteiger partial charge in [-0.3, -0.25) is 0 Å². The average Bonchev–Trinajstić information content (AvgIpc) is 3.33. The molecule has 5 nitrogen and oxygen atoms in total. The van der Waals surface area contributed by atoms with E-state index in [1.807, 2.05) is 33.6 Å². The number of rotatable bonds is 5. The molecule has 4 aromatic rings. The maximum atomic E-state index is 5.32. The van der Waals surface area contributed by atoms with Gasteiger partial charge in [-0.15, -0.1) is 0 Å². The summed E-state index contributed by atoms with van der Waals surface area (Å²) < 4.78 is 10.2. The van der Waals surface area contributed by atoms with E-state index in [0.717, 1.165) is 32.7 Å². The van der Waals surface area contributed by atoms with Crippen molar-refractivity contribution in [1.29, 1.82) is 0 Å². The number of hydrogen-bond acceptors (Lipinski definition) is 3. The fourth-order valence-corrected chi connectivity index (χ4v) is 3.37. The molecule has 0 radical (unpaired) electrons. The third kappa shape index (κ3) is 3.21. The Kier molecular flexibility index (Phi) is 4.69. The maximum absolute atomic E-state index is 5.32. The zero-order valence-electron chi connectivity index (χ0n) is 14.2. The molecule has 2 aromatic carbocycles. The van der Waals surface area contributed by atoms with Gasteiger partial charge >= 0.3 is 0 Å². The number of halogens is 1. The number of nitrogens with zero attached hydrogens (tertiary/aromatic N) is 4. The number of ether oxygens (including phenoxy) is 1. The molecule has 0 bridgehead atoms. The molecule has 130 valence electrons. The van der Waals surface area contributed by atoms with E-state index in [9.17, 15) is 0 Å². The first kappa shape index (κ1) is 16.8. The average molecular weight is 409 g/mol. The molecule has 0 unspecified atom stereocenters. The fourth-order valence-electron chi connectivity index (χ4n) is 2.88. The van der Waals surface area contributed by atoms with Crippen LogP contribution in [0.15, 0.2) is 77.8 Å². The lowest BCUT2D eigenvalue weighted by atomic mass is 10.1. The van der Waals surface area contributed by atoms with Crippen LogP contribution in [0.3, 0.4) is 0 Å². The number of aromatic nitrogens is 4. The molecular weight excluding hydrogens is 392 g/mol. The largest absolute Gasteiger partial charge is 0.362 e. The summed E-state index contributed by atoms with van der Waals surface area (Å²) in [4.78, 5) is 4.09. The van der Waals surface area contributed by atoms with Crippen molar-refractivity contribution in [2.45, 2.75) is 6.73 Å². The monoisotopic (exact) mass is 408 g/mol. The van der Waals surface area contributed by atoms with Crippen LogP contribution in [0.1, 0.15) is 0 Å². The van der Waals surface area contributed by atoms with Crippen LogP contribution in [0.2, 0.25) is 0 Å². The highest BCUT2D eigenvalue weighted by atomic mass is 79.9. The van der Waals surface area contributed by atoms with Crippen molar-refractivity contribution in [1.82, 2.24) is 19.3 Å². The Balaban J connectivity index is 1.73. The van der Waals surface area contributed by atoms with Gasteiger partial charge in [-0.25, -0.2) is 9.67 Å². The van der Waals surface area contributed by atoms with Crippen LogP contribution in [0, 0.1) is 0 Å². The minimum Gasteiger partial charge on any atom is -0.362 e. The van der Waals surface area contributed by atoms with Crippen molar-refractivity contribution in [3.8, 4) is 28.2 Å². The third-order valence-corrected chi connectivity index (χ3v) is 4.84. The minimum absolute atomic E-state index is 0.393. The molecule has 2 aromatic heterocycles. The summed E-state index contributed by atoms with van der Waals surface area (Å²) in [6.07, 6.45) is 5.48. The zero-order valence-corrected chi connectivity index (χ0v) is 15.8. The van der Waals surface area contributed by atoms with Crippen molar-refractivity contribution < 1.29 is 4.74 Å². The predicted molar refractivity (Wildman–Crippen MR) is 105 cm³/mol. The summed E-state index contributed by atoms with van der Waals surface area (Å²) in [6, 6.07) is 18.5. The number of imidazole rings is 1. The molecule has 6 heteroatoms. The topological polar surface area (TPSA) is 44.9 Å². The second-order valence-electron chi connectivity index (χ2n) is 5.83. The molecule has 0 aliphatic carbocycles. The van der Waals surface area contributed by atoms with Gasteiger partial charge < -0.3 is 9.30 Å². The van der Waals surface area contributed by atoms with E-state index in [2.05, 4.69) is 57.3 Å². The van der Waals surface area contributed by atoms with Crippen LogP contribution in [-0.4, -0.2) is 26.4 Å². The van der Waals surface area contributed by atoms with Crippen molar-refractivity contribution >= 4 is 15.9 Å². The Bertz CT molecular complexity index is 1010. The van der Waals surface area contributed by atoms with E-state index in [4.69, 9.17) is 9.84 Å². The Morgan fingerprint density at radius 3 is 2.58 bits per heavy atom. The summed E-state index contributed by atoms with van der Waals surface area (Å²) in [5.41, 5.74) is 5.11. The lowest BCUT2D eigenvalue weighted by Gasteiger charge is -2.07. The zero-order chi connectivity index (χ0) is 17.9. The van der Waals surface area contributed by atoms with Gasteiger partial charge in [-0.1, -0.05) is 46.3 Å². The van der Waals surface area contributed by atoms with Crippen molar-refractivity contribution in [3.05, 3.63) is 77.8 Å². The van der Waals surface area contributed by atoms with Gasteiger partial charge in [0.05, 0.1) is 17.7 Å². The summed E-state index contributed by atoms with van der Waals surface area (Å²) in [7, 11) is 1.67. The highest BCUT2D eigenvalue weighted by Gasteiger charge is 2.13. The van der Waals surface area contributed by atoms with Gasteiger partial charge in [0.25, 0.3) is 0 Å². The second kappa shape index (κ2) is 7.27. The van der Waals surface area contributed by atoms with E-state index < -0.39 is 0 Å². The standard InChI is InChI=1S/C20H17BrN4O/c1-26-14-25-20(17-4-2-3-5-18(17)21)12-19(23-25)15-6-8-16(9-7-15)24-11-10-22-13-24/h2-13H,14H2,1H3. The van der Waals surface area contributed by atoms with Crippen molar-refractivity contribution in [2.24, 2.45) is 0 Å². The van der Waals surface area contributed by atoms with Gasteiger partial charge in [0, 0.05) is 40.8 Å². The third-order valence-electron chi connectivity index (χ3n) is 4.15. The molecule has 0 N–H and O–H groups in total. The quantitative estimate of drug-likeness (QED) is 0.477. The van der Waals surface area contributed by atoms with Gasteiger partial charge in [-0.05, 0) is 24.3 Å². The Hall–Kier alpha value is -2.70. The molecule has 2 heterocycles.